The smallest absolute Gasteiger partial charge is 0.127 e. The monoisotopic (exact) mass is 269 g/mol. The number of furan rings is 1. The number of halogens is 2. The average Bonchev–Trinajstić information content (AvgIpc) is 2.88. The molecule has 1 heterocycles. The molecule has 2 aromatic rings. The first kappa shape index (κ1) is 13.1. The molecule has 1 atom stereocenters. The van der Waals surface area contributed by atoms with Gasteiger partial charge in [-0.05, 0) is 30.3 Å². The number of nitrogens with one attached hydrogen (secondary N) is 1. The van der Waals surface area contributed by atoms with E-state index in [0.717, 1.165) is 0 Å². The Morgan fingerprint density at radius 3 is 2.89 bits per heavy atom. The Balaban J connectivity index is 2.04. The van der Waals surface area contributed by atoms with E-state index in [4.69, 9.17) is 16.0 Å². The first-order valence-electron chi connectivity index (χ1n) is 5.52. The van der Waals surface area contributed by atoms with E-state index in [-0.39, 0.29) is 25.0 Å². The van der Waals surface area contributed by atoms with Gasteiger partial charge in [-0.3, -0.25) is 0 Å². The van der Waals surface area contributed by atoms with E-state index in [1.54, 1.807) is 18.2 Å². The van der Waals surface area contributed by atoms with Crippen LogP contribution in [0.25, 0.3) is 0 Å². The van der Waals surface area contributed by atoms with Gasteiger partial charge in [0, 0.05) is 17.1 Å². The summed E-state index contributed by atoms with van der Waals surface area (Å²) in [7, 11) is 0. The van der Waals surface area contributed by atoms with Gasteiger partial charge in [-0.15, -0.1) is 0 Å². The van der Waals surface area contributed by atoms with Gasteiger partial charge in [0.15, 0.2) is 0 Å². The standard InChI is InChI=1S/C13H13ClFNO2/c14-10-3-4-11(15)9(6-10)7-16-12(8-17)13-2-1-5-18-13/h1-6,12,16-17H,7-8H2. The molecule has 18 heavy (non-hydrogen) atoms. The molecule has 1 unspecified atom stereocenters. The van der Waals surface area contributed by atoms with Gasteiger partial charge in [-0.25, -0.2) is 4.39 Å². The molecule has 5 heteroatoms. The Morgan fingerprint density at radius 2 is 2.22 bits per heavy atom. The molecule has 2 N–H and O–H groups in total. The summed E-state index contributed by atoms with van der Waals surface area (Å²) in [5, 5.41) is 12.7. The zero-order valence-corrected chi connectivity index (χ0v) is 10.3. The lowest BCUT2D eigenvalue weighted by Crippen LogP contribution is -2.24. The Labute approximate surface area is 109 Å². The highest BCUT2D eigenvalue weighted by Crippen LogP contribution is 2.17. The third kappa shape index (κ3) is 3.10. The fourth-order valence-corrected chi connectivity index (χ4v) is 1.85. The first-order valence-corrected chi connectivity index (χ1v) is 5.90. The normalized spacial score (nSPS) is 12.6. The highest BCUT2D eigenvalue weighted by molar-refractivity contribution is 6.30. The minimum Gasteiger partial charge on any atom is -0.468 e. The molecule has 0 fully saturated rings. The fourth-order valence-electron chi connectivity index (χ4n) is 1.66. The number of hydrogen-bond donors (Lipinski definition) is 2. The molecule has 0 amide bonds. The summed E-state index contributed by atoms with van der Waals surface area (Å²) in [6.07, 6.45) is 1.53. The van der Waals surface area contributed by atoms with E-state index >= 15 is 0 Å². The highest BCUT2D eigenvalue weighted by atomic mass is 35.5. The van der Waals surface area contributed by atoms with Crippen LogP contribution in [0.1, 0.15) is 17.4 Å². The van der Waals surface area contributed by atoms with Crippen molar-refractivity contribution in [3.63, 3.8) is 0 Å². The lowest BCUT2D eigenvalue weighted by Gasteiger charge is -2.14. The fraction of sp³-hybridized carbons (Fsp3) is 0.231. The number of aliphatic hydroxyl groups excluding tert-OH is 1. The number of rotatable bonds is 5. The summed E-state index contributed by atoms with van der Waals surface area (Å²) in [5.41, 5.74) is 0.451. The van der Waals surface area contributed by atoms with Gasteiger partial charge >= 0.3 is 0 Å². The Kier molecular flexibility index (Phi) is 4.36. The predicted octanol–water partition coefficient (Wildman–Crippen LogP) is 2.90. The van der Waals surface area contributed by atoms with Crippen molar-refractivity contribution in [3.05, 3.63) is 58.8 Å². The maximum Gasteiger partial charge on any atom is 0.127 e. The summed E-state index contributed by atoms with van der Waals surface area (Å²) in [6.45, 7) is 0.133. The number of aliphatic hydroxyl groups is 1. The van der Waals surface area contributed by atoms with Crippen molar-refractivity contribution >= 4 is 11.6 Å². The molecule has 3 nitrogen and oxygen atoms in total. The molecule has 1 aromatic heterocycles. The van der Waals surface area contributed by atoms with Crippen molar-refractivity contribution < 1.29 is 13.9 Å². The van der Waals surface area contributed by atoms with E-state index in [2.05, 4.69) is 5.32 Å². The summed E-state index contributed by atoms with van der Waals surface area (Å²) in [5.74, 6) is 0.281. The van der Waals surface area contributed by atoms with E-state index in [1.807, 2.05) is 0 Å². The van der Waals surface area contributed by atoms with Crippen LogP contribution in [0.2, 0.25) is 5.02 Å². The quantitative estimate of drug-likeness (QED) is 0.877. The third-order valence-corrected chi connectivity index (χ3v) is 2.85. The van der Waals surface area contributed by atoms with Crippen LogP contribution in [0.3, 0.4) is 0 Å². The zero-order chi connectivity index (χ0) is 13.0. The maximum atomic E-state index is 13.5. The van der Waals surface area contributed by atoms with Crippen LogP contribution in [0, 0.1) is 5.82 Å². The van der Waals surface area contributed by atoms with Crippen LogP contribution in [-0.2, 0) is 6.54 Å². The van der Waals surface area contributed by atoms with E-state index in [0.29, 0.717) is 16.3 Å². The zero-order valence-electron chi connectivity index (χ0n) is 9.57. The summed E-state index contributed by atoms with van der Waals surface area (Å²) >= 11 is 5.80. The lowest BCUT2D eigenvalue weighted by molar-refractivity contribution is 0.225. The largest absolute Gasteiger partial charge is 0.468 e. The topological polar surface area (TPSA) is 45.4 Å². The molecular formula is C13H13ClFNO2. The van der Waals surface area contributed by atoms with Crippen molar-refractivity contribution in [2.75, 3.05) is 6.61 Å². The van der Waals surface area contributed by atoms with Crippen LogP contribution in [0.15, 0.2) is 41.0 Å². The van der Waals surface area contributed by atoms with Gasteiger partial charge in [-0.1, -0.05) is 11.6 Å². The van der Waals surface area contributed by atoms with Gasteiger partial charge < -0.3 is 14.8 Å². The van der Waals surface area contributed by atoms with Gasteiger partial charge in [0.1, 0.15) is 11.6 Å². The Hall–Kier alpha value is -1.36. The second-order valence-corrected chi connectivity index (χ2v) is 4.30. The molecule has 0 aliphatic rings. The minimum atomic E-state index is -0.363. The second kappa shape index (κ2) is 6.00. The van der Waals surface area contributed by atoms with E-state index < -0.39 is 0 Å². The Bertz CT molecular complexity index is 502. The molecule has 0 radical (unpaired) electrons. The predicted molar refractivity (Wildman–Crippen MR) is 66.8 cm³/mol. The van der Waals surface area contributed by atoms with Crippen LogP contribution < -0.4 is 5.32 Å². The average molecular weight is 270 g/mol. The molecular weight excluding hydrogens is 257 g/mol. The summed E-state index contributed by atoms with van der Waals surface area (Å²) < 4.78 is 18.7. The maximum absolute atomic E-state index is 13.5. The highest BCUT2D eigenvalue weighted by Gasteiger charge is 2.13. The molecule has 0 saturated heterocycles. The third-order valence-electron chi connectivity index (χ3n) is 2.62. The van der Waals surface area contributed by atoms with Crippen molar-refractivity contribution in [1.29, 1.82) is 0 Å². The van der Waals surface area contributed by atoms with Crippen LogP contribution in [0.5, 0.6) is 0 Å². The SMILES string of the molecule is OCC(NCc1cc(Cl)ccc1F)c1ccco1. The molecule has 0 bridgehead atoms. The van der Waals surface area contributed by atoms with Crippen LogP contribution in [0.4, 0.5) is 4.39 Å². The summed E-state index contributed by atoms with van der Waals surface area (Å²) in [6, 6.07) is 7.50. The van der Waals surface area contributed by atoms with Crippen LogP contribution >= 0.6 is 11.6 Å². The number of hydrogen-bond acceptors (Lipinski definition) is 3. The van der Waals surface area contributed by atoms with Gasteiger partial charge in [0.2, 0.25) is 0 Å². The minimum absolute atomic E-state index is 0.129. The first-order chi connectivity index (χ1) is 8.70. The molecule has 96 valence electrons. The Morgan fingerprint density at radius 1 is 1.39 bits per heavy atom. The second-order valence-electron chi connectivity index (χ2n) is 3.87. The van der Waals surface area contributed by atoms with Gasteiger partial charge in [-0.2, -0.15) is 0 Å². The molecule has 0 aliphatic heterocycles. The summed E-state index contributed by atoms with van der Waals surface area (Å²) in [4.78, 5) is 0. The lowest BCUT2D eigenvalue weighted by atomic mass is 10.2. The van der Waals surface area contributed by atoms with Crippen molar-refractivity contribution in [1.82, 2.24) is 5.32 Å². The number of benzene rings is 1. The molecule has 0 saturated carbocycles. The molecule has 1 aromatic carbocycles. The molecule has 0 spiro atoms. The van der Waals surface area contributed by atoms with Gasteiger partial charge in [0.25, 0.3) is 0 Å². The van der Waals surface area contributed by atoms with E-state index in [9.17, 15) is 9.50 Å². The van der Waals surface area contributed by atoms with Gasteiger partial charge in [0.05, 0.1) is 18.9 Å². The van der Waals surface area contributed by atoms with E-state index in [1.165, 1.54) is 18.4 Å². The van der Waals surface area contributed by atoms with Crippen LogP contribution in [-0.4, -0.2) is 11.7 Å². The van der Waals surface area contributed by atoms with Crippen molar-refractivity contribution in [3.8, 4) is 0 Å². The van der Waals surface area contributed by atoms with Crippen molar-refractivity contribution in [2.45, 2.75) is 12.6 Å². The van der Waals surface area contributed by atoms with Crippen molar-refractivity contribution in [2.24, 2.45) is 0 Å². The molecule has 0 aliphatic carbocycles. The molecule has 2 rings (SSSR count).